The van der Waals surface area contributed by atoms with Crippen molar-refractivity contribution in [2.75, 3.05) is 7.05 Å². The lowest BCUT2D eigenvalue weighted by Gasteiger charge is -2.18. The van der Waals surface area contributed by atoms with Crippen LogP contribution in [0.1, 0.15) is 39.5 Å². The maximum absolute atomic E-state index is 12.6. The molecule has 0 saturated heterocycles. The van der Waals surface area contributed by atoms with Crippen molar-refractivity contribution in [2.45, 2.75) is 51.6 Å². The van der Waals surface area contributed by atoms with E-state index in [1.54, 1.807) is 0 Å². The number of amides is 1. The minimum atomic E-state index is -2.70. The summed E-state index contributed by atoms with van der Waals surface area (Å²) in [5.74, 6) is -2.70. The SMILES string of the molecule is CCC[C@@H](CCC(C)(F)F)OC(=O)NC. The Bertz CT molecular complexity index is 192. The first-order chi connectivity index (χ1) is 6.89. The Morgan fingerprint density at radius 1 is 1.47 bits per heavy atom. The molecule has 0 aromatic heterocycles. The molecule has 1 N–H and O–H groups in total. The van der Waals surface area contributed by atoms with Crippen molar-refractivity contribution in [3.63, 3.8) is 0 Å². The number of rotatable bonds is 6. The number of hydrogen-bond acceptors (Lipinski definition) is 2. The van der Waals surface area contributed by atoms with Gasteiger partial charge in [0.05, 0.1) is 0 Å². The summed E-state index contributed by atoms with van der Waals surface area (Å²) in [7, 11) is 1.44. The number of carbonyl (C=O) groups is 1. The summed E-state index contributed by atoms with van der Waals surface area (Å²) in [4.78, 5) is 10.9. The molecule has 5 heteroatoms. The molecule has 0 radical (unpaired) electrons. The van der Waals surface area contributed by atoms with Crippen LogP contribution in [0.25, 0.3) is 0 Å². The van der Waals surface area contributed by atoms with Gasteiger partial charge in [0.2, 0.25) is 5.92 Å². The Kier molecular flexibility index (Phi) is 6.20. The van der Waals surface area contributed by atoms with Gasteiger partial charge in [-0.2, -0.15) is 0 Å². The monoisotopic (exact) mass is 223 g/mol. The van der Waals surface area contributed by atoms with Crippen molar-refractivity contribution in [3.8, 4) is 0 Å². The van der Waals surface area contributed by atoms with Crippen molar-refractivity contribution in [3.05, 3.63) is 0 Å². The molecule has 0 aliphatic carbocycles. The van der Waals surface area contributed by atoms with Crippen LogP contribution in [0.2, 0.25) is 0 Å². The van der Waals surface area contributed by atoms with Gasteiger partial charge in [-0.3, -0.25) is 0 Å². The van der Waals surface area contributed by atoms with E-state index in [9.17, 15) is 13.6 Å². The predicted molar refractivity (Wildman–Crippen MR) is 54.1 cm³/mol. The first-order valence-corrected chi connectivity index (χ1v) is 5.15. The van der Waals surface area contributed by atoms with E-state index in [-0.39, 0.29) is 12.8 Å². The Balaban J connectivity index is 3.98. The third kappa shape index (κ3) is 8.15. The second-order valence-corrected chi connectivity index (χ2v) is 3.67. The summed E-state index contributed by atoms with van der Waals surface area (Å²) in [5, 5.41) is 2.30. The number of halogens is 2. The molecular formula is C10H19F2NO2. The van der Waals surface area contributed by atoms with Crippen molar-refractivity contribution >= 4 is 6.09 Å². The van der Waals surface area contributed by atoms with Crippen LogP contribution < -0.4 is 5.32 Å². The lowest BCUT2D eigenvalue weighted by molar-refractivity contribution is -0.00596. The Hall–Kier alpha value is -0.870. The van der Waals surface area contributed by atoms with E-state index in [1.807, 2.05) is 6.92 Å². The van der Waals surface area contributed by atoms with Crippen LogP contribution in [0, 0.1) is 0 Å². The lowest BCUT2D eigenvalue weighted by atomic mass is 10.1. The zero-order chi connectivity index (χ0) is 11.9. The molecule has 3 nitrogen and oxygen atoms in total. The molecule has 0 spiro atoms. The van der Waals surface area contributed by atoms with Gasteiger partial charge in [-0.15, -0.1) is 0 Å². The highest BCUT2D eigenvalue weighted by atomic mass is 19.3. The van der Waals surface area contributed by atoms with Gasteiger partial charge in [0.25, 0.3) is 0 Å². The Labute approximate surface area is 89.2 Å². The van der Waals surface area contributed by atoms with E-state index in [0.29, 0.717) is 6.42 Å². The minimum Gasteiger partial charge on any atom is -0.446 e. The average molecular weight is 223 g/mol. The molecule has 0 bridgehead atoms. The van der Waals surface area contributed by atoms with E-state index < -0.39 is 18.1 Å². The molecule has 0 saturated carbocycles. The first kappa shape index (κ1) is 14.1. The predicted octanol–water partition coefficient (Wildman–Crippen LogP) is 2.95. The number of ether oxygens (including phenoxy) is 1. The quantitative estimate of drug-likeness (QED) is 0.751. The van der Waals surface area contributed by atoms with E-state index in [2.05, 4.69) is 5.32 Å². The summed E-state index contributed by atoms with van der Waals surface area (Å²) in [5.41, 5.74) is 0. The second kappa shape index (κ2) is 6.58. The van der Waals surface area contributed by atoms with Crippen LogP contribution in [-0.4, -0.2) is 25.2 Å². The topological polar surface area (TPSA) is 38.3 Å². The first-order valence-electron chi connectivity index (χ1n) is 5.15. The molecule has 0 aliphatic heterocycles. The minimum absolute atomic E-state index is 0.199. The van der Waals surface area contributed by atoms with Gasteiger partial charge >= 0.3 is 6.09 Å². The third-order valence-electron chi connectivity index (χ3n) is 1.99. The van der Waals surface area contributed by atoms with Gasteiger partial charge in [0, 0.05) is 13.5 Å². The second-order valence-electron chi connectivity index (χ2n) is 3.67. The summed E-state index contributed by atoms with van der Waals surface area (Å²) in [6, 6.07) is 0. The molecule has 15 heavy (non-hydrogen) atoms. The summed E-state index contributed by atoms with van der Waals surface area (Å²) < 4.78 is 30.1. The van der Waals surface area contributed by atoms with Gasteiger partial charge in [-0.05, 0) is 19.8 Å². The molecule has 0 aliphatic rings. The lowest BCUT2D eigenvalue weighted by Crippen LogP contribution is -2.27. The maximum Gasteiger partial charge on any atom is 0.407 e. The van der Waals surface area contributed by atoms with Crippen LogP contribution in [0.4, 0.5) is 13.6 Å². The highest BCUT2D eigenvalue weighted by Gasteiger charge is 2.24. The Morgan fingerprint density at radius 2 is 2.07 bits per heavy atom. The number of alkyl halides is 2. The van der Waals surface area contributed by atoms with E-state index in [4.69, 9.17) is 4.74 Å². The van der Waals surface area contributed by atoms with Gasteiger partial charge in [0.15, 0.2) is 0 Å². The van der Waals surface area contributed by atoms with Crippen molar-refractivity contribution in [2.24, 2.45) is 0 Å². The van der Waals surface area contributed by atoms with Gasteiger partial charge in [-0.1, -0.05) is 13.3 Å². The fraction of sp³-hybridized carbons (Fsp3) is 0.900. The molecule has 90 valence electrons. The highest BCUT2D eigenvalue weighted by molar-refractivity contribution is 5.66. The fourth-order valence-corrected chi connectivity index (χ4v) is 1.21. The molecule has 0 aromatic carbocycles. The number of alkyl carbamates (subject to hydrolysis) is 1. The summed E-state index contributed by atoms with van der Waals surface area (Å²) in [6.45, 7) is 2.79. The zero-order valence-electron chi connectivity index (χ0n) is 9.48. The number of carbonyl (C=O) groups excluding carboxylic acids is 1. The molecule has 0 fully saturated rings. The number of nitrogens with one attached hydrogen (secondary N) is 1. The third-order valence-corrected chi connectivity index (χ3v) is 1.99. The average Bonchev–Trinajstić information content (AvgIpc) is 2.13. The maximum atomic E-state index is 12.6. The summed E-state index contributed by atoms with van der Waals surface area (Å²) >= 11 is 0. The molecule has 1 atom stereocenters. The standard InChI is InChI=1S/C10H19F2NO2/c1-4-5-8(15-9(14)13-3)6-7-10(2,11)12/h8H,4-7H2,1-3H3,(H,13,14)/t8-/m0/s1. The van der Waals surface area contributed by atoms with Crippen LogP contribution in [0.5, 0.6) is 0 Å². The number of hydrogen-bond donors (Lipinski definition) is 1. The van der Waals surface area contributed by atoms with Crippen LogP contribution in [0.15, 0.2) is 0 Å². The zero-order valence-corrected chi connectivity index (χ0v) is 9.48. The van der Waals surface area contributed by atoms with Crippen molar-refractivity contribution in [1.82, 2.24) is 5.32 Å². The largest absolute Gasteiger partial charge is 0.446 e. The fourth-order valence-electron chi connectivity index (χ4n) is 1.21. The van der Waals surface area contributed by atoms with E-state index >= 15 is 0 Å². The van der Waals surface area contributed by atoms with E-state index in [0.717, 1.165) is 13.3 Å². The Morgan fingerprint density at radius 3 is 2.47 bits per heavy atom. The van der Waals surface area contributed by atoms with Crippen molar-refractivity contribution in [1.29, 1.82) is 0 Å². The van der Waals surface area contributed by atoms with Crippen LogP contribution in [0.3, 0.4) is 0 Å². The van der Waals surface area contributed by atoms with Crippen LogP contribution in [-0.2, 0) is 4.74 Å². The highest BCUT2D eigenvalue weighted by Crippen LogP contribution is 2.22. The van der Waals surface area contributed by atoms with Crippen molar-refractivity contribution < 1.29 is 18.3 Å². The van der Waals surface area contributed by atoms with E-state index in [1.165, 1.54) is 7.05 Å². The molecular weight excluding hydrogens is 204 g/mol. The summed E-state index contributed by atoms with van der Waals surface area (Å²) in [6.07, 6.45) is 0.383. The molecule has 0 rings (SSSR count). The molecule has 0 heterocycles. The van der Waals surface area contributed by atoms with Gasteiger partial charge in [-0.25, -0.2) is 13.6 Å². The molecule has 0 unspecified atom stereocenters. The molecule has 1 amide bonds. The normalized spacial score (nSPS) is 13.4. The smallest absolute Gasteiger partial charge is 0.407 e. The van der Waals surface area contributed by atoms with Crippen LogP contribution >= 0.6 is 0 Å². The molecule has 0 aromatic rings. The van der Waals surface area contributed by atoms with Gasteiger partial charge < -0.3 is 10.1 Å². The van der Waals surface area contributed by atoms with Gasteiger partial charge in [0.1, 0.15) is 6.10 Å².